The Labute approximate surface area is 200 Å². The first-order valence-electron chi connectivity index (χ1n) is 11.5. The third-order valence-electron chi connectivity index (χ3n) is 5.87. The van der Waals surface area contributed by atoms with Crippen LogP contribution in [0.25, 0.3) is 11.0 Å². The van der Waals surface area contributed by atoms with Gasteiger partial charge in [-0.3, -0.25) is 4.79 Å². The van der Waals surface area contributed by atoms with Crippen molar-refractivity contribution in [2.75, 3.05) is 13.1 Å². The predicted octanol–water partition coefficient (Wildman–Crippen LogP) is 4.59. The lowest BCUT2D eigenvalue weighted by Gasteiger charge is -2.21. The first-order chi connectivity index (χ1) is 15.7. The number of carbonyl (C=O) groups excluding carboxylic acids is 1. The number of benzene rings is 1. The second-order valence-electron chi connectivity index (χ2n) is 8.32. The van der Waals surface area contributed by atoms with Crippen molar-refractivity contribution >= 4 is 38.3 Å². The summed E-state index contributed by atoms with van der Waals surface area (Å²) in [4.78, 5) is 18.8. The minimum atomic E-state index is -3.55. The van der Waals surface area contributed by atoms with Gasteiger partial charge in [0.25, 0.3) is 0 Å². The molecule has 3 rings (SSSR count). The number of hydrogen-bond donors (Lipinski definition) is 1. The van der Waals surface area contributed by atoms with Gasteiger partial charge >= 0.3 is 0 Å². The standard InChI is InChI=1S/C24H34N4O3S2/c1-6-27(7-2)33(30,31)18-11-12-20-19(16-18)25-22(28(20)8-3)13-14-23(29)26-24(17(4)5)21-10-9-15-32-21/h9-12,15-17,24H,6-8,13-14H2,1-5H3,(H,26,29). The van der Waals surface area contributed by atoms with Crippen LogP contribution in [-0.2, 0) is 27.8 Å². The molecule has 0 spiro atoms. The summed E-state index contributed by atoms with van der Waals surface area (Å²) in [6, 6.07) is 9.15. The van der Waals surface area contributed by atoms with Crippen molar-refractivity contribution in [3.8, 4) is 0 Å². The summed E-state index contributed by atoms with van der Waals surface area (Å²) in [5, 5.41) is 5.19. The van der Waals surface area contributed by atoms with Gasteiger partial charge in [-0.25, -0.2) is 13.4 Å². The minimum Gasteiger partial charge on any atom is -0.348 e. The van der Waals surface area contributed by atoms with E-state index in [4.69, 9.17) is 4.98 Å². The molecule has 9 heteroatoms. The van der Waals surface area contributed by atoms with E-state index in [9.17, 15) is 13.2 Å². The second kappa shape index (κ2) is 10.8. The van der Waals surface area contributed by atoms with Gasteiger partial charge in [-0.1, -0.05) is 33.8 Å². The van der Waals surface area contributed by atoms with Crippen molar-refractivity contribution in [3.05, 3.63) is 46.4 Å². The molecule has 1 aromatic carbocycles. The maximum atomic E-state index is 12.9. The molecule has 0 bridgehead atoms. The molecular formula is C24H34N4O3S2. The number of amides is 1. The van der Waals surface area contributed by atoms with E-state index in [1.807, 2.05) is 38.3 Å². The Bertz CT molecular complexity index is 1180. The number of carbonyl (C=O) groups is 1. The van der Waals surface area contributed by atoms with E-state index >= 15 is 0 Å². The fourth-order valence-electron chi connectivity index (χ4n) is 4.08. The molecular weight excluding hydrogens is 456 g/mol. The Kier molecular flexibility index (Phi) is 8.31. The van der Waals surface area contributed by atoms with E-state index < -0.39 is 10.0 Å². The smallest absolute Gasteiger partial charge is 0.243 e. The summed E-state index contributed by atoms with van der Waals surface area (Å²) >= 11 is 1.65. The lowest BCUT2D eigenvalue weighted by Crippen LogP contribution is -2.31. The Morgan fingerprint density at radius 3 is 2.48 bits per heavy atom. The fraction of sp³-hybridized carbons (Fsp3) is 0.500. The zero-order valence-corrected chi connectivity index (χ0v) is 21.7. The van der Waals surface area contributed by atoms with E-state index in [-0.39, 0.29) is 16.8 Å². The van der Waals surface area contributed by atoms with Crippen LogP contribution in [0, 0.1) is 5.92 Å². The fourth-order valence-corrected chi connectivity index (χ4v) is 6.51. The molecule has 0 aliphatic heterocycles. The Hall–Kier alpha value is -2.23. The van der Waals surface area contributed by atoms with Crippen molar-refractivity contribution in [1.82, 2.24) is 19.2 Å². The van der Waals surface area contributed by atoms with E-state index in [1.54, 1.807) is 23.5 Å². The summed E-state index contributed by atoms with van der Waals surface area (Å²) in [5.74, 6) is 1.07. The van der Waals surface area contributed by atoms with Crippen molar-refractivity contribution in [2.45, 2.75) is 64.9 Å². The molecule has 2 aromatic heterocycles. The normalized spacial score (nSPS) is 13.2. The van der Waals surface area contributed by atoms with E-state index in [2.05, 4.69) is 29.8 Å². The molecule has 2 heterocycles. The summed E-state index contributed by atoms with van der Waals surface area (Å²) in [5.41, 5.74) is 1.52. The van der Waals surface area contributed by atoms with Gasteiger partial charge < -0.3 is 9.88 Å². The summed E-state index contributed by atoms with van der Waals surface area (Å²) in [7, 11) is -3.55. The van der Waals surface area contributed by atoms with Crippen LogP contribution >= 0.6 is 11.3 Å². The lowest BCUT2D eigenvalue weighted by atomic mass is 10.0. The van der Waals surface area contributed by atoms with Gasteiger partial charge in [-0.05, 0) is 42.5 Å². The molecule has 1 N–H and O–H groups in total. The van der Waals surface area contributed by atoms with Crippen molar-refractivity contribution in [2.24, 2.45) is 5.92 Å². The SMILES string of the molecule is CCN(CC)S(=O)(=O)c1ccc2c(c1)nc(CCC(=O)NC(c1cccs1)C(C)C)n2CC. The van der Waals surface area contributed by atoms with Crippen LogP contribution in [0.4, 0.5) is 0 Å². The lowest BCUT2D eigenvalue weighted by molar-refractivity contribution is -0.122. The molecule has 0 saturated carbocycles. The maximum Gasteiger partial charge on any atom is 0.243 e. The van der Waals surface area contributed by atoms with Gasteiger partial charge in [0.15, 0.2) is 0 Å². The summed E-state index contributed by atoms with van der Waals surface area (Å²) in [6.45, 7) is 11.4. The maximum absolute atomic E-state index is 12.9. The van der Waals surface area contributed by atoms with Crippen LogP contribution in [0.15, 0.2) is 40.6 Å². The topological polar surface area (TPSA) is 84.3 Å². The number of imidazole rings is 1. The number of fused-ring (bicyclic) bond motifs is 1. The van der Waals surface area contributed by atoms with Gasteiger partial charge in [0.2, 0.25) is 15.9 Å². The zero-order valence-electron chi connectivity index (χ0n) is 20.0. The number of thiophene rings is 1. The first kappa shape index (κ1) is 25.4. The zero-order chi connectivity index (χ0) is 24.2. The number of aryl methyl sites for hydroxylation is 2. The number of rotatable bonds is 11. The number of sulfonamides is 1. The molecule has 0 aliphatic carbocycles. The van der Waals surface area contributed by atoms with Crippen molar-refractivity contribution in [3.63, 3.8) is 0 Å². The molecule has 7 nitrogen and oxygen atoms in total. The Balaban J connectivity index is 1.80. The van der Waals surface area contributed by atoms with Crippen LogP contribution in [0.3, 0.4) is 0 Å². The first-order valence-corrected chi connectivity index (χ1v) is 13.9. The molecule has 1 unspecified atom stereocenters. The monoisotopic (exact) mass is 490 g/mol. The van der Waals surface area contributed by atoms with Crippen LogP contribution in [0.1, 0.15) is 57.8 Å². The summed E-state index contributed by atoms with van der Waals surface area (Å²) < 4.78 is 29.3. The van der Waals surface area contributed by atoms with Crippen LogP contribution in [-0.4, -0.2) is 41.3 Å². The van der Waals surface area contributed by atoms with E-state index in [1.165, 1.54) is 4.31 Å². The summed E-state index contributed by atoms with van der Waals surface area (Å²) in [6.07, 6.45) is 0.810. The molecule has 180 valence electrons. The van der Waals surface area contributed by atoms with Crippen LogP contribution in [0.2, 0.25) is 0 Å². The van der Waals surface area contributed by atoms with Crippen LogP contribution < -0.4 is 5.32 Å². The Morgan fingerprint density at radius 2 is 1.91 bits per heavy atom. The minimum absolute atomic E-state index is 0.00432. The average molecular weight is 491 g/mol. The number of aromatic nitrogens is 2. The average Bonchev–Trinajstić information content (AvgIpc) is 3.43. The van der Waals surface area contributed by atoms with Crippen molar-refractivity contribution < 1.29 is 13.2 Å². The van der Waals surface area contributed by atoms with Crippen molar-refractivity contribution in [1.29, 1.82) is 0 Å². The highest BCUT2D eigenvalue weighted by Gasteiger charge is 2.23. The highest BCUT2D eigenvalue weighted by Crippen LogP contribution is 2.26. The second-order valence-corrected chi connectivity index (χ2v) is 11.2. The van der Waals surface area contributed by atoms with Gasteiger partial charge in [0.05, 0.1) is 22.0 Å². The number of hydrogen-bond acceptors (Lipinski definition) is 5. The molecule has 0 fully saturated rings. The predicted molar refractivity (Wildman–Crippen MR) is 134 cm³/mol. The highest BCUT2D eigenvalue weighted by molar-refractivity contribution is 7.89. The molecule has 33 heavy (non-hydrogen) atoms. The molecule has 3 aromatic rings. The molecule has 0 radical (unpaired) electrons. The molecule has 0 aliphatic rings. The third kappa shape index (κ3) is 5.47. The van der Waals surface area contributed by atoms with E-state index in [0.29, 0.717) is 43.9 Å². The van der Waals surface area contributed by atoms with Gasteiger partial charge in [-0.15, -0.1) is 11.3 Å². The largest absolute Gasteiger partial charge is 0.348 e. The third-order valence-corrected chi connectivity index (χ3v) is 8.87. The van der Waals surface area contributed by atoms with Gasteiger partial charge in [0, 0.05) is 37.4 Å². The Morgan fingerprint density at radius 1 is 1.18 bits per heavy atom. The number of nitrogens with zero attached hydrogens (tertiary/aromatic N) is 3. The van der Waals surface area contributed by atoms with Crippen LogP contribution in [0.5, 0.6) is 0 Å². The van der Waals surface area contributed by atoms with Gasteiger partial charge in [-0.2, -0.15) is 4.31 Å². The molecule has 1 amide bonds. The highest BCUT2D eigenvalue weighted by atomic mass is 32.2. The van der Waals surface area contributed by atoms with Gasteiger partial charge in [0.1, 0.15) is 5.82 Å². The quantitative estimate of drug-likeness (QED) is 0.426. The number of nitrogens with one attached hydrogen (secondary N) is 1. The molecule has 0 saturated heterocycles. The van der Waals surface area contributed by atoms with E-state index in [0.717, 1.165) is 16.2 Å². The molecule has 1 atom stereocenters.